The van der Waals surface area contributed by atoms with E-state index in [9.17, 15) is 4.79 Å². The van der Waals surface area contributed by atoms with Gasteiger partial charge in [0.05, 0.1) is 25.6 Å². The van der Waals surface area contributed by atoms with Crippen molar-refractivity contribution >= 4 is 23.6 Å². The van der Waals surface area contributed by atoms with Crippen molar-refractivity contribution in [2.45, 2.75) is 85.3 Å². The zero-order chi connectivity index (χ0) is 28.7. The number of aliphatic imine (C=N–C) groups is 1. The number of methoxy groups -OCH3 is 1. The number of amidine groups is 1. The molecule has 0 radical (unpaired) electrons. The van der Waals surface area contributed by atoms with Crippen LogP contribution in [0.15, 0.2) is 35.5 Å². The molecule has 0 saturated heterocycles. The maximum absolute atomic E-state index is 12.5. The third-order valence-electron chi connectivity index (χ3n) is 7.07. The first kappa shape index (κ1) is 31.3. The summed E-state index contributed by atoms with van der Waals surface area (Å²) in [4.78, 5) is 19.3. The van der Waals surface area contributed by atoms with Crippen LogP contribution in [-0.4, -0.2) is 54.6 Å². The van der Waals surface area contributed by atoms with Gasteiger partial charge >= 0.3 is 0 Å². The van der Waals surface area contributed by atoms with E-state index in [0.717, 1.165) is 86.2 Å². The van der Waals surface area contributed by atoms with Gasteiger partial charge in [0.1, 0.15) is 18.2 Å². The van der Waals surface area contributed by atoms with Crippen LogP contribution in [0.3, 0.4) is 0 Å². The molecular formula is C32H49N5O3. The molecule has 3 rings (SSSR count). The number of unbranched alkanes of at least 4 members (excludes halogenated alkanes) is 2. The van der Waals surface area contributed by atoms with Gasteiger partial charge in [-0.1, -0.05) is 51.8 Å². The van der Waals surface area contributed by atoms with Crippen molar-refractivity contribution in [2.75, 3.05) is 33.4 Å². The molecule has 2 heterocycles. The smallest absolute Gasteiger partial charge is 0.248 e. The van der Waals surface area contributed by atoms with Gasteiger partial charge in [0, 0.05) is 37.8 Å². The molecular weight excluding hydrogens is 502 g/mol. The molecule has 1 aromatic carbocycles. The molecule has 1 aliphatic heterocycles. The van der Waals surface area contributed by atoms with E-state index in [-0.39, 0.29) is 12.5 Å². The van der Waals surface area contributed by atoms with Gasteiger partial charge in [-0.2, -0.15) is 0 Å². The number of rotatable bonds is 16. The zero-order valence-electron chi connectivity index (χ0n) is 25.0. The number of aromatic nitrogens is 1. The van der Waals surface area contributed by atoms with E-state index in [1.807, 2.05) is 17.0 Å². The average Bonchev–Trinajstić information content (AvgIpc) is 3.37. The Labute approximate surface area is 239 Å². The Morgan fingerprint density at radius 3 is 2.65 bits per heavy atom. The molecule has 0 atom stereocenters. The normalized spacial score (nSPS) is 16.9. The number of ether oxygens (including phenoxy) is 2. The van der Waals surface area contributed by atoms with Gasteiger partial charge in [0.2, 0.25) is 5.91 Å². The fraction of sp³-hybridized carbons (Fsp3) is 0.562. The number of carbonyl (C=O) groups is 1. The Kier molecular flexibility index (Phi) is 13.1. The largest absolute Gasteiger partial charge is 0.496 e. The minimum absolute atomic E-state index is 0.0441. The molecule has 1 aromatic heterocycles. The van der Waals surface area contributed by atoms with Crippen LogP contribution < -0.4 is 26.4 Å². The summed E-state index contributed by atoms with van der Waals surface area (Å²) < 4.78 is 13.8. The third kappa shape index (κ3) is 9.15. The highest BCUT2D eigenvalue weighted by Crippen LogP contribution is 2.22. The van der Waals surface area contributed by atoms with Crippen molar-refractivity contribution in [3.05, 3.63) is 52.2 Å². The van der Waals surface area contributed by atoms with Crippen LogP contribution >= 0.6 is 0 Å². The van der Waals surface area contributed by atoms with Crippen LogP contribution in [0.1, 0.15) is 83.3 Å². The van der Waals surface area contributed by atoms with E-state index in [4.69, 9.17) is 20.2 Å². The second kappa shape index (κ2) is 16.8. The molecule has 0 aliphatic carbocycles. The summed E-state index contributed by atoms with van der Waals surface area (Å²) in [5.41, 5.74) is 8.33. The Bertz CT molecular complexity index is 1230. The van der Waals surface area contributed by atoms with Crippen molar-refractivity contribution in [3.8, 4) is 5.75 Å². The first-order valence-corrected chi connectivity index (χ1v) is 15.0. The lowest BCUT2D eigenvalue weighted by atomic mass is 10.1. The van der Waals surface area contributed by atoms with Gasteiger partial charge in [-0.3, -0.25) is 4.79 Å². The molecule has 0 unspecified atom stereocenters. The average molecular weight is 552 g/mol. The zero-order valence-corrected chi connectivity index (χ0v) is 25.0. The highest BCUT2D eigenvalue weighted by Gasteiger charge is 2.13. The SMILES string of the molecule is CCCCCNC1=c2/c(ccn2Cc2ccc(COCC(=O)N(CCC)CCC)cc2OC)=C\CCC/C(N)=N\1. The number of benzene rings is 1. The summed E-state index contributed by atoms with van der Waals surface area (Å²) >= 11 is 0. The van der Waals surface area contributed by atoms with E-state index in [1.54, 1.807) is 7.11 Å². The highest BCUT2D eigenvalue weighted by atomic mass is 16.5. The Hall–Kier alpha value is -3.26. The fourth-order valence-corrected chi connectivity index (χ4v) is 5.00. The Morgan fingerprint density at radius 2 is 1.93 bits per heavy atom. The molecule has 1 amide bonds. The van der Waals surface area contributed by atoms with Crippen molar-refractivity contribution in [2.24, 2.45) is 10.7 Å². The lowest BCUT2D eigenvalue weighted by Gasteiger charge is -2.21. The van der Waals surface area contributed by atoms with Crippen molar-refractivity contribution in [1.82, 2.24) is 14.8 Å². The quantitative estimate of drug-likeness (QED) is 0.309. The monoisotopic (exact) mass is 551 g/mol. The first-order valence-electron chi connectivity index (χ1n) is 15.0. The number of fused-ring (bicyclic) bond motifs is 1. The number of carbonyl (C=O) groups excluding carboxylic acids is 1. The maximum atomic E-state index is 12.5. The standard InChI is InChI=1S/C32H49N5O3/c1-5-8-11-17-34-32-31-26(12-9-10-13-29(33)35-32)16-20-37(31)22-27-15-14-25(21-28(27)39-4)23-40-24-30(38)36(18-6-2)19-7-3/h12,14-16,20-21,34H,5-11,13,17-19,22-24H2,1-4H3,(H2,33,35)/b26-12-,32-31+. The molecule has 2 aromatic rings. The molecule has 8 heteroatoms. The molecule has 3 N–H and O–H groups in total. The van der Waals surface area contributed by atoms with Crippen LogP contribution in [0.25, 0.3) is 11.9 Å². The van der Waals surface area contributed by atoms with Crippen LogP contribution in [-0.2, 0) is 22.7 Å². The molecule has 8 nitrogen and oxygen atoms in total. The number of hydrogen-bond acceptors (Lipinski definition) is 6. The van der Waals surface area contributed by atoms with Crippen LogP contribution in [0.4, 0.5) is 0 Å². The van der Waals surface area contributed by atoms with Crippen molar-refractivity contribution in [1.29, 1.82) is 0 Å². The number of nitrogens with two attached hydrogens (primary N) is 1. The van der Waals surface area contributed by atoms with Crippen molar-refractivity contribution < 1.29 is 14.3 Å². The van der Waals surface area contributed by atoms with E-state index in [2.05, 4.69) is 55.1 Å². The number of hydrogen-bond donors (Lipinski definition) is 2. The predicted octanol–water partition coefficient (Wildman–Crippen LogP) is 3.88. The van der Waals surface area contributed by atoms with Crippen LogP contribution in [0.5, 0.6) is 5.75 Å². The van der Waals surface area contributed by atoms with E-state index < -0.39 is 0 Å². The van der Waals surface area contributed by atoms with Gasteiger partial charge in [-0.05, 0) is 55.0 Å². The number of amides is 1. The predicted molar refractivity (Wildman–Crippen MR) is 163 cm³/mol. The molecule has 0 spiro atoms. The van der Waals surface area contributed by atoms with E-state index in [0.29, 0.717) is 19.0 Å². The van der Waals surface area contributed by atoms with E-state index in [1.165, 1.54) is 18.1 Å². The Morgan fingerprint density at radius 1 is 1.12 bits per heavy atom. The summed E-state index contributed by atoms with van der Waals surface area (Å²) in [5, 5.41) is 5.80. The first-order chi connectivity index (χ1) is 19.5. The topological polar surface area (TPSA) is 94.1 Å². The molecule has 1 aliphatic rings. The van der Waals surface area contributed by atoms with Crippen LogP contribution in [0.2, 0.25) is 0 Å². The van der Waals surface area contributed by atoms with Gasteiger partial charge < -0.3 is 30.0 Å². The molecule has 220 valence electrons. The summed E-state index contributed by atoms with van der Waals surface area (Å²) in [7, 11) is 1.69. The van der Waals surface area contributed by atoms with Gasteiger partial charge in [-0.15, -0.1) is 0 Å². The van der Waals surface area contributed by atoms with Gasteiger partial charge in [0.25, 0.3) is 0 Å². The summed E-state index contributed by atoms with van der Waals surface area (Å²) in [6, 6.07) is 8.29. The number of nitrogens with zero attached hydrogens (tertiary/aromatic N) is 3. The lowest BCUT2D eigenvalue weighted by molar-refractivity contribution is -0.136. The van der Waals surface area contributed by atoms with E-state index >= 15 is 0 Å². The van der Waals surface area contributed by atoms with Crippen molar-refractivity contribution in [3.63, 3.8) is 0 Å². The summed E-state index contributed by atoms with van der Waals surface area (Å²) in [6.45, 7) is 9.85. The molecule has 40 heavy (non-hydrogen) atoms. The van der Waals surface area contributed by atoms with Crippen LogP contribution in [0, 0.1) is 0 Å². The summed E-state index contributed by atoms with van der Waals surface area (Å²) in [6.07, 6.45) is 12.5. The second-order valence-electron chi connectivity index (χ2n) is 10.4. The minimum Gasteiger partial charge on any atom is -0.496 e. The molecule has 0 saturated carbocycles. The molecule has 0 bridgehead atoms. The lowest BCUT2D eigenvalue weighted by Crippen LogP contribution is -2.36. The molecule has 0 fully saturated rings. The number of nitrogens with one attached hydrogen (secondary N) is 1. The van der Waals surface area contributed by atoms with Gasteiger partial charge in [-0.25, -0.2) is 4.99 Å². The van der Waals surface area contributed by atoms with Gasteiger partial charge in [0.15, 0.2) is 5.82 Å². The summed E-state index contributed by atoms with van der Waals surface area (Å²) in [5.74, 6) is 2.34. The second-order valence-corrected chi connectivity index (χ2v) is 10.4. The third-order valence-corrected chi connectivity index (χ3v) is 7.07. The fourth-order valence-electron chi connectivity index (χ4n) is 5.00. The highest BCUT2D eigenvalue weighted by molar-refractivity contribution is 5.84. The maximum Gasteiger partial charge on any atom is 0.248 e. The minimum atomic E-state index is 0.0441. The Balaban J connectivity index is 1.81.